The van der Waals surface area contributed by atoms with Crippen LogP contribution < -0.4 is 0 Å². The second kappa shape index (κ2) is 5.78. The molecule has 0 radical (unpaired) electrons. The molecule has 1 saturated heterocycles. The van der Waals surface area contributed by atoms with Gasteiger partial charge in [0.15, 0.2) is 5.82 Å². The Hall–Kier alpha value is -1.63. The first-order valence-electron chi connectivity index (χ1n) is 8.18. The van der Waals surface area contributed by atoms with Crippen molar-refractivity contribution < 1.29 is 18.8 Å². The van der Waals surface area contributed by atoms with Crippen molar-refractivity contribution >= 4 is 6.09 Å². The van der Waals surface area contributed by atoms with Crippen LogP contribution >= 0.6 is 0 Å². The number of carbonyl (C=O) groups is 1. The summed E-state index contributed by atoms with van der Waals surface area (Å²) >= 11 is 0. The minimum absolute atomic E-state index is 0.276. The highest BCUT2D eigenvalue weighted by Gasteiger charge is 2.39. The van der Waals surface area contributed by atoms with Crippen LogP contribution in [0, 0.1) is 0 Å². The van der Waals surface area contributed by atoms with Gasteiger partial charge in [0.1, 0.15) is 12.2 Å². The van der Waals surface area contributed by atoms with Gasteiger partial charge in [-0.05, 0) is 47.0 Å². The lowest BCUT2D eigenvalue weighted by atomic mass is 10.1. The number of ether oxygens (including phenoxy) is 2. The van der Waals surface area contributed by atoms with Gasteiger partial charge in [-0.25, -0.2) is 4.79 Å². The fraction of sp³-hybridized carbons (Fsp3) is 0.812. The number of aromatic nitrogens is 2. The van der Waals surface area contributed by atoms with Crippen molar-refractivity contribution in [1.29, 1.82) is 0 Å². The van der Waals surface area contributed by atoms with E-state index in [2.05, 4.69) is 10.1 Å². The van der Waals surface area contributed by atoms with E-state index in [1.54, 1.807) is 4.90 Å². The molecule has 1 aliphatic heterocycles. The quantitative estimate of drug-likeness (QED) is 0.848. The summed E-state index contributed by atoms with van der Waals surface area (Å²) in [5.41, 5.74) is -0.898. The third kappa shape index (κ3) is 4.22. The molecular weight excluding hydrogens is 298 g/mol. The number of nitrogens with zero attached hydrogens (tertiary/aromatic N) is 3. The maximum absolute atomic E-state index is 12.1. The van der Waals surface area contributed by atoms with E-state index in [0.29, 0.717) is 24.9 Å². The van der Waals surface area contributed by atoms with Crippen LogP contribution in [-0.4, -0.2) is 45.4 Å². The van der Waals surface area contributed by atoms with Gasteiger partial charge < -0.3 is 18.9 Å². The van der Waals surface area contributed by atoms with Crippen LogP contribution in [0.5, 0.6) is 0 Å². The Morgan fingerprint density at radius 3 is 2.83 bits per heavy atom. The minimum atomic E-state index is -0.486. The molecule has 0 aromatic carbocycles. The van der Waals surface area contributed by atoms with Crippen LogP contribution in [0.3, 0.4) is 0 Å². The Balaban J connectivity index is 1.50. The third-order valence-corrected chi connectivity index (χ3v) is 4.06. The molecule has 128 valence electrons. The van der Waals surface area contributed by atoms with Gasteiger partial charge in [0.2, 0.25) is 0 Å². The van der Waals surface area contributed by atoms with Crippen molar-refractivity contribution in [3.8, 4) is 0 Å². The van der Waals surface area contributed by atoms with Crippen molar-refractivity contribution in [2.24, 2.45) is 0 Å². The van der Waals surface area contributed by atoms with Crippen LogP contribution in [0.15, 0.2) is 4.52 Å². The molecule has 23 heavy (non-hydrogen) atoms. The molecule has 1 aromatic rings. The van der Waals surface area contributed by atoms with E-state index in [0.717, 1.165) is 25.1 Å². The van der Waals surface area contributed by atoms with E-state index in [-0.39, 0.29) is 12.7 Å². The fourth-order valence-corrected chi connectivity index (χ4v) is 2.60. The van der Waals surface area contributed by atoms with Crippen molar-refractivity contribution in [3.05, 3.63) is 11.7 Å². The maximum atomic E-state index is 12.1. The van der Waals surface area contributed by atoms with E-state index in [1.165, 1.54) is 0 Å². The molecule has 1 amide bonds. The highest BCUT2D eigenvalue weighted by atomic mass is 16.6. The van der Waals surface area contributed by atoms with Crippen LogP contribution in [0.25, 0.3) is 0 Å². The lowest BCUT2D eigenvalue weighted by Crippen LogP contribution is -2.39. The summed E-state index contributed by atoms with van der Waals surface area (Å²) in [5.74, 6) is 1.76. The second-order valence-corrected chi connectivity index (χ2v) is 7.71. The minimum Gasteiger partial charge on any atom is -0.444 e. The zero-order valence-electron chi connectivity index (χ0n) is 14.3. The van der Waals surface area contributed by atoms with Crippen LogP contribution in [0.4, 0.5) is 4.79 Å². The predicted octanol–water partition coefficient (Wildman–Crippen LogP) is 2.86. The molecule has 1 atom stereocenters. The Labute approximate surface area is 136 Å². The molecule has 7 nitrogen and oxygen atoms in total. The van der Waals surface area contributed by atoms with Crippen molar-refractivity contribution in [1.82, 2.24) is 15.0 Å². The molecule has 2 fully saturated rings. The molecule has 0 N–H and O–H groups in total. The fourth-order valence-electron chi connectivity index (χ4n) is 2.60. The molecule has 3 rings (SSSR count). The SMILES string of the molecule is CC(C)(C)OC(=O)N1CCC(C)(OCc2nc(C3CC3)no2)C1. The summed E-state index contributed by atoms with van der Waals surface area (Å²) < 4.78 is 16.6. The van der Waals surface area contributed by atoms with Gasteiger partial charge in [-0.15, -0.1) is 0 Å². The summed E-state index contributed by atoms with van der Waals surface area (Å²) in [5, 5.41) is 3.98. The third-order valence-electron chi connectivity index (χ3n) is 4.06. The largest absolute Gasteiger partial charge is 0.444 e. The molecule has 0 spiro atoms. The molecule has 2 aliphatic rings. The van der Waals surface area contributed by atoms with Gasteiger partial charge in [0, 0.05) is 12.5 Å². The van der Waals surface area contributed by atoms with E-state index in [4.69, 9.17) is 14.0 Å². The van der Waals surface area contributed by atoms with Crippen LogP contribution in [0.1, 0.15) is 64.6 Å². The molecule has 1 saturated carbocycles. The van der Waals surface area contributed by atoms with Gasteiger partial charge in [-0.1, -0.05) is 5.16 Å². The number of amides is 1. The van der Waals surface area contributed by atoms with Gasteiger partial charge in [-0.3, -0.25) is 0 Å². The summed E-state index contributed by atoms with van der Waals surface area (Å²) in [4.78, 5) is 18.2. The smallest absolute Gasteiger partial charge is 0.410 e. The van der Waals surface area contributed by atoms with E-state index >= 15 is 0 Å². The number of carbonyl (C=O) groups excluding carboxylic acids is 1. The topological polar surface area (TPSA) is 77.7 Å². The van der Waals surface area contributed by atoms with E-state index < -0.39 is 11.2 Å². The van der Waals surface area contributed by atoms with Crippen molar-refractivity contribution in [2.75, 3.05) is 13.1 Å². The standard InChI is InChI=1S/C16H25N3O4/c1-15(2,3)22-14(20)19-8-7-16(4,10-19)21-9-12-17-13(18-23-12)11-5-6-11/h11H,5-10H2,1-4H3. The highest BCUT2D eigenvalue weighted by molar-refractivity contribution is 5.68. The normalized spacial score (nSPS) is 25.0. The van der Waals surface area contributed by atoms with Gasteiger partial charge in [0.05, 0.1) is 12.1 Å². The van der Waals surface area contributed by atoms with E-state index in [9.17, 15) is 4.79 Å². The molecule has 7 heteroatoms. The zero-order chi connectivity index (χ0) is 16.7. The average Bonchev–Trinajstić information content (AvgIpc) is 3.05. The molecule has 0 bridgehead atoms. The van der Waals surface area contributed by atoms with Gasteiger partial charge in [0.25, 0.3) is 5.89 Å². The Morgan fingerprint density at radius 1 is 1.43 bits per heavy atom. The Bertz CT molecular complexity index is 576. The van der Waals surface area contributed by atoms with Gasteiger partial charge in [-0.2, -0.15) is 4.98 Å². The highest BCUT2D eigenvalue weighted by Crippen LogP contribution is 2.38. The monoisotopic (exact) mass is 323 g/mol. The number of rotatable bonds is 4. The first kappa shape index (κ1) is 16.2. The Kier molecular flexibility index (Phi) is 4.08. The number of hydrogen-bond acceptors (Lipinski definition) is 6. The van der Waals surface area contributed by atoms with Crippen molar-refractivity contribution in [2.45, 2.75) is 70.7 Å². The molecule has 1 aromatic heterocycles. The second-order valence-electron chi connectivity index (χ2n) is 7.71. The predicted molar refractivity (Wildman–Crippen MR) is 81.9 cm³/mol. The number of hydrogen-bond donors (Lipinski definition) is 0. The van der Waals surface area contributed by atoms with Crippen molar-refractivity contribution in [3.63, 3.8) is 0 Å². The zero-order valence-corrected chi connectivity index (χ0v) is 14.3. The van der Waals surface area contributed by atoms with E-state index in [1.807, 2.05) is 27.7 Å². The summed E-state index contributed by atoms with van der Waals surface area (Å²) in [6.45, 7) is 9.00. The molecular formula is C16H25N3O4. The lowest BCUT2D eigenvalue weighted by Gasteiger charge is -2.27. The maximum Gasteiger partial charge on any atom is 0.410 e. The number of likely N-dealkylation sites (tertiary alicyclic amines) is 1. The van der Waals surface area contributed by atoms with Crippen LogP contribution in [-0.2, 0) is 16.1 Å². The van der Waals surface area contributed by atoms with Crippen LogP contribution in [0.2, 0.25) is 0 Å². The first-order valence-corrected chi connectivity index (χ1v) is 8.18. The summed E-state index contributed by atoms with van der Waals surface area (Å²) in [7, 11) is 0. The summed E-state index contributed by atoms with van der Waals surface area (Å²) in [6.07, 6.45) is 2.75. The first-order chi connectivity index (χ1) is 10.7. The average molecular weight is 323 g/mol. The van der Waals surface area contributed by atoms with Gasteiger partial charge >= 0.3 is 6.09 Å². The molecule has 2 heterocycles. The molecule has 1 aliphatic carbocycles. The molecule has 1 unspecified atom stereocenters. The lowest BCUT2D eigenvalue weighted by molar-refractivity contribution is -0.0463. The summed E-state index contributed by atoms with van der Waals surface area (Å²) in [6, 6.07) is 0. The Morgan fingerprint density at radius 2 is 2.17 bits per heavy atom.